The number of carbonyl (C=O) groups is 1. The van der Waals surface area contributed by atoms with Crippen molar-refractivity contribution in [1.82, 2.24) is 5.32 Å². The van der Waals surface area contributed by atoms with Crippen LogP contribution in [0.2, 0.25) is 0 Å². The summed E-state index contributed by atoms with van der Waals surface area (Å²) in [5.74, 6) is 0. The zero-order valence-electron chi connectivity index (χ0n) is 12.3. The molecule has 2 aromatic carbocycles. The Hall–Kier alpha value is -2.53. The van der Waals surface area contributed by atoms with Gasteiger partial charge in [0.15, 0.2) is 0 Å². The minimum atomic E-state index is -0.337. The number of para-hydroxylation sites is 1. The fourth-order valence-corrected chi connectivity index (χ4v) is 2.43. The lowest BCUT2D eigenvalue weighted by Crippen LogP contribution is -2.39. The van der Waals surface area contributed by atoms with E-state index >= 15 is 0 Å². The fraction of sp³-hybridized carbons (Fsp3) is 0.235. The third-order valence-electron chi connectivity index (χ3n) is 3.69. The lowest BCUT2D eigenvalue weighted by molar-refractivity contribution is 0.222. The second-order valence-corrected chi connectivity index (χ2v) is 5.20. The summed E-state index contributed by atoms with van der Waals surface area (Å²) < 4.78 is 5.79. The van der Waals surface area contributed by atoms with Crippen LogP contribution in [-0.2, 0) is 0 Å². The highest BCUT2D eigenvalue weighted by atomic mass is 16.3. The number of aliphatic hydroxyl groups excluding tert-OH is 1. The van der Waals surface area contributed by atoms with E-state index in [4.69, 9.17) is 9.52 Å². The summed E-state index contributed by atoms with van der Waals surface area (Å²) >= 11 is 0. The molecule has 0 radical (unpaired) electrons. The molecule has 114 valence electrons. The minimum absolute atomic E-state index is 0.0769. The highest BCUT2D eigenvalue weighted by Gasteiger charge is 2.11. The average molecular weight is 298 g/mol. The van der Waals surface area contributed by atoms with Gasteiger partial charge in [0.25, 0.3) is 0 Å². The molecule has 3 N–H and O–H groups in total. The number of urea groups is 1. The second-order valence-electron chi connectivity index (χ2n) is 5.20. The van der Waals surface area contributed by atoms with E-state index in [0.717, 1.165) is 21.9 Å². The zero-order chi connectivity index (χ0) is 15.5. The molecular formula is C17H18N2O3. The van der Waals surface area contributed by atoms with E-state index < -0.39 is 0 Å². The van der Waals surface area contributed by atoms with Crippen molar-refractivity contribution in [2.24, 2.45) is 0 Å². The maximum atomic E-state index is 11.9. The quantitative estimate of drug-likeness (QED) is 0.690. The SMILES string of the molecule is CCC(CO)NC(=O)Nc1ccc2c(c1)oc1ccccc12. The van der Waals surface area contributed by atoms with E-state index in [0.29, 0.717) is 12.1 Å². The van der Waals surface area contributed by atoms with Gasteiger partial charge in [-0.05, 0) is 24.6 Å². The summed E-state index contributed by atoms with van der Waals surface area (Å²) in [7, 11) is 0. The Bertz CT molecular complexity index is 806. The number of nitrogens with one attached hydrogen (secondary N) is 2. The van der Waals surface area contributed by atoms with E-state index in [1.807, 2.05) is 43.3 Å². The molecule has 0 aliphatic heterocycles. The number of fused-ring (bicyclic) bond motifs is 3. The Morgan fingerprint density at radius 2 is 1.95 bits per heavy atom. The zero-order valence-corrected chi connectivity index (χ0v) is 12.3. The lowest BCUT2D eigenvalue weighted by atomic mass is 10.1. The second kappa shape index (κ2) is 6.07. The topological polar surface area (TPSA) is 74.5 Å². The average Bonchev–Trinajstić information content (AvgIpc) is 2.90. The monoisotopic (exact) mass is 298 g/mol. The number of furan rings is 1. The maximum Gasteiger partial charge on any atom is 0.319 e. The molecule has 1 heterocycles. The molecule has 1 unspecified atom stereocenters. The molecule has 0 aliphatic rings. The van der Waals surface area contributed by atoms with Gasteiger partial charge in [-0.2, -0.15) is 0 Å². The van der Waals surface area contributed by atoms with Crippen molar-refractivity contribution in [1.29, 1.82) is 0 Å². The summed E-state index contributed by atoms with van der Waals surface area (Å²) in [6.07, 6.45) is 0.673. The van der Waals surface area contributed by atoms with Gasteiger partial charge >= 0.3 is 6.03 Å². The number of aliphatic hydroxyl groups is 1. The van der Waals surface area contributed by atoms with Crippen molar-refractivity contribution in [2.75, 3.05) is 11.9 Å². The van der Waals surface area contributed by atoms with Crippen LogP contribution < -0.4 is 10.6 Å². The van der Waals surface area contributed by atoms with Crippen LogP contribution in [0.25, 0.3) is 21.9 Å². The first-order valence-corrected chi connectivity index (χ1v) is 7.31. The highest BCUT2D eigenvalue weighted by molar-refractivity contribution is 6.06. The van der Waals surface area contributed by atoms with Gasteiger partial charge in [0.05, 0.1) is 12.6 Å². The van der Waals surface area contributed by atoms with Gasteiger partial charge in [0.1, 0.15) is 11.2 Å². The van der Waals surface area contributed by atoms with Gasteiger partial charge in [0.2, 0.25) is 0 Å². The molecule has 1 atom stereocenters. The van der Waals surface area contributed by atoms with E-state index in [1.54, 1.807) is 6.07 Å². The van der Waals surface area contributed by atoms with Gasteiger partial charge in [0, 0.05) is 22.5 Å². The first-order chi connectivity index (χ1) is 10.7. The number of benzene rings is 2. The molecule has 0 bridgehead atoms. The molecule has 0 fully saturated rings. The van der Waals surface area contributed by atoms with Crippen LogP contribution in [-0.4, -0.2) is 23.8 Å². The Morgan fingerprint density at radius 3 is 2.73 bits per heavy atom. The van der Waals surface area contributed by atoms with E-state index in [-0.39, 0.29) is 18.7 Å². The molecular weight excluding hydrogens is 280 g/mol. The first kappa shape index (κ1) is 14.4. The molecule has 22 heavy (non-hydrogen) atoms. The van der Waals surface area contributed by atoms with Gasteiger partial charge in [-0.3, -0.25) is 0 Å². The maximum absolute atomic E-state index is 11.9. The predicted octanol–water partition coefficient (Wildman–Crippen LogP) is 3.48. The third-order valence-corrected chi connectivity index (χ3v) is 3.69. The fourth-order valence-electron chi connectivity index (χ4n) is 2.43. The lowest BCUT2D eigenvalue weighted by Gasteiger charge is -2.14. The molecule has 0 spiro atoms. The van der Waals surface area contributed by atoms with Crippen molar-refractivity contribution in [3.05, 3.63) is 42.5 Å². The van der Waals surface area contributed by atoms with Crippen LogP contribution in [0.5, 0.6) is 0 Å². The van der Waals surface area contributed by atoms with Gasteiger partial charge in [-0.15, -0.1) is 0 Å². The summed E-state index contributed by atoms with van der Waals surface area (Å²) in [4.78, 5) is 11.9. The Labute approximate surface area is 127 Å². The molecule has 0 saturated carbocycles. The van der Waals surface area contributed by atoms with E-state index in [2.05, 4.69) is 10.6 Å². The smallest absolute Gasteiger partial charge is 0.319 e. The van der Waals surface area contributed by atoms with Crippen LogP contribution in [0.3, 0.4) is 0 Å². The molecule has 1 aromatic heterocycles. The summed E-state index contributed by atoms with van der Waals surface area (Å²) in [6.45, 7) is 1.83. The highest BCUT2D eigenvalue weighted by Crippen LogP contribution is 2.30. The van der Waals surface area contributed by atoms with Crippen molar-refractivity contribution in [2.45, 2.75) is 19.4 Å². The Morgan fingerprint density at radius 1 is 1.18 bits per heavy atom. The van der Waals surface area contributed by atoms with Gasteiger partial charge < -0.3 is 20.2 Å². The van der Waals surface area contributed by atoms with Crippen molar-refractivity contribution >= 4 is 33.7 Å². The van der Waals surface area contributed by atoms with Crippen LogP contribution in [0.15, 0.2) is 46.9 Å². The number of rotatable bonds is 4. The normalized spacial score (nSPS) is 12.5. The minimum Gasteiger partial charge on any atom is -0.456 e. The van der Waals surface area contributed by atoms with Gasteiger partial charge in [-0.1, -0.05) is 25.1 Å². The predicted molar refractivity (Wildman–Crippen MR) is 87.0 cm³/mol. The number of carbonyl (C=O) groups excluding carboxylic acids is 1. The van der Waals surface area contributed by atoms with Gasteiger partial charge in [-0.25, -0.2) is 4.79 Å². The van der Waals surface area contributed by atoms with Crippen LogP contribution in [0, 0.1) is 0 Å². The molecule has 5 heteroatoms. The summed E-state index contributed by atoms with van der Waals surface area (Å²) in [6, 6.07) is 12.8. The summed E-state index contributed by atoms with van der Waals surface area (Å²) in [5, 5.41) is 16.6. The molecule has 0 aliphatic carbocycles. The summed E-state index contributed by atoms with van der Waals surface area (Å²) in [5.41, 5.74) is 2.20. The molecule has 2 amide bonds. The van der Waals surface area contributed by atoms with Crippen molar-refractivity contribution < 1.29 is 14.3 Å². The van der Waals surface area contributed by atoms with E-state index in [1.165, 1.54) is 0 Å². The van der Waals surface area contributed by atoms with Crippen LogP contribution in [0.1, 0.15) is 13.3 Å². The number of amides is 2. The Balaban J connectivity index is 1.83. The van der Waals surface area contributed by atoms with E-state index in [9.17, 15) is 4.79 Å². The van der Waals surface area contributed by atoms with Crippen molar-refractivity contribution in [3.63, 3.8) is 0 Å². The number of hydrogen-bond acceptors (Lipinski definition) is 3. The Kier molecular flexibility index (Phi) is 3.98. The van der Waals surface area contributed by atoms with Crippen LogP contribution in [0.4, 0.5) is 10.5 Å². The molecule has 3 aromatic rings. The standard InChI is InChI=1S/C17H18N2O3/c1-2-11(10-20)18-17(21)19-12-7-8-14-13-5-3-4-6-15(13)22-16(14)9-12/h3-9,11,20H,2,10H2,1H3,(H2,18,19,21). The van der Waals surface area contributed by atoms with Crippen LogP contribution >= 0.6 is 0 Å². The third kappa shape index (κ3) is 2.76. The largest absolute Gasteiger partial charge is 0.456 e. The number of hydrogen-bond donors (Lipinski definition) is 3. The molecule has 5 nitrogen and oxygen atoms in total. The number of anilines is 1. The van der Waals surface area contributed by atoms with Crippen molar-refractivity contribution in [3.8, 4) is 0 Å². The molecule has 0 saturated heterocycles. The molecule has 3 rings (SSSR count). The first-order valence-electron chi connectivity index (χ1n) is 7.31.